The first kappa shape index (κ1) is 17.3. The highest BCUT2D eigenvalue weighted by molar-refractivity contribution is 9.10. The van der Waals surface area contributed by atoms with Crippen molar-refractivity contribution >= 4 is 45.3 Å². The second-order valence-electron chi connectivity index (χ2n) is 3.99. The van der Waals surface area contributed by atoms with Crippen molar-refractivity contribution in [1.29, 1.82) is 0 Å². The number of nitrogens with one attached hydrogen (secondary N) is 1. The van der Waals surface area contributed by atoms with E-state index in [9.17, 15) is 14.4 Å². The van der Waals surface area contributed by atoms with Crippen LogP contribution in [0.5, 0.6) is 5.75 Å². The normalized spacial score (nSPS) is 11.5. The van der Waals surface area contributed by atoms with Gasteiger partial charge in [0.2, 0.25) is 5.91 Å². The number of ether oxygens (including phenoxy) is 1. The number of nitrogens with two attached hydrogens (primary N) is 1. The quantitative estimate of drug-likeness (QED) is 0.651. The van der Waals surface area contributed by atoms with Crippen LogP contribution in [0.3, 0.4) is 0 Å². The lowest BCUT2D eigenvalue weighted by atomic mass is 10.2. The van der Waals surface area contributed by atoms with E-state index >= 15 is 0 Å². The van der Waals surface area contributed by atoms with Crippen LogP contribution in [0.1, 0.15) is 6.42 Å². The summed E-state index contributed by atoms with van der Waals surface area (Å²) in [5.74, 6) is -2.62. The van der Waals surface area contributed by atoms with Crippen LogP contribution in [-0.2, 0) is 14.4 Å². The first-order chi connectivity index (χ1) is 9.79. The molecular weight excluding hydrogens is 367 g/mol. The maximum Gasteiger partial charge on any atom is 0.326 e. The van der Waals surface area contributed by atoms with Crippen LogP contribution >= 0.6 is 27.5 Å². The molecule has 0 saturated heterocycles. The van der Waals surface area contributed by atoms with Gasteiger partial charge in [-0.25, -0.2) is 4.79 Å². The minimum Gasteiger partial charge on any atom is -0.482 e. The summed E-state index contributed by atoms with van der Waals surface area (Å²) in [6, 6.07) is 3.42. The van der Waals surface area contributed by atoms with Gasteiger partial charge in [-0.3, -0.25) is 9.59 Å². The Labute approximate surface area is 133 Å². The summed E-state index contributed by atoms with van der Waals surface area (Å²) in [7, 11) is 0. The minimum atomic E-state index is -1.39. The van der Waals surface area contributed by atoms with Gasteiger partial charge in [0.1, 0.15) is 11.8 Å². The summed E-state index contributed by atoms with van der Waals surface area (Å²) in [6.07, 6.45) is -0.500. The third-order valence-electron chi connectivity index (χ3n) is 2.29. The molecule has 7 nitrogen and oxygen atoms in total. The second kappa shape index (κ2) is 7.84. The Morgan fingerprint density at radius 3 is 2.62 bits per heavy atom. The number of carbonyl (C=O) groups excluding carboxylic acids is 2. The van der Waals surface area contributed by atoms with Gasteiger partial charge in [0, 0.05) is 4.47 Å². The fourth-order valence-corrected chi connectivity index (χ4v) is 2.10. The van der Waals surface area contributed by atoms with E-state index in [2.05, 4.69) is 21.2 Å². The summed E-state index contributed by atoms with van der Waals surface area (Å²) in [5.41, 5.74) is 4.90. The fraction of sp³-hybridized carbons (Fsp3) is 0.250. The topological polar surface area (TPSA) is 119 Å². The highest BCUT2D eigenvalue weighted by Crippen LogP contribution is 2.27. The van der Waals surface area contributed by atoms with Gasteiger partial charge in [0.05, 0.1) is 11.4 Å². The monoisotopic (exact) mass is 378 g/mol. The number of rotatable bonds is 7. The van der Waals surface area contributed by atoms with Crippen molar-refractivity contribution in [2.75, 3.05) is 6.61 Å². The molecule has 1 aromatic rings. The number of aliphatic carboxylic acids is 1. The van der Waals surface area contributed by atoms with E-state index in [4.69, 9.17) is 27.2 Å². The van der Waals surface area contributed by atoms with E-state index in [-0.39, 0.29) is 5.75 Å². The predicted octanol–water partition coefficient (Wildman–Crippen LogP) is 0.926. The fourth-order valence-electron chi connectivity index (χ4n) is 1.37. The molecule has 0 aliphatic heterocycles. The van der Waals surface area contributed by atoms with Crippen molar-refractivity contribution in [3.63, 3.8) is 0 Å². The van der Waals surface area contributed by atoms with Crippen molar-refractivity contribution in [3.8, 4) is 5.75 Å². The number of hydrogen-bond acceptors (Lipinski definition) is 4. The van der Waals surface area contributed by atoms with Crippen molar-refractivity contribution in [1.82, 2.24) is 5.32 Å². The number of carboxylic acid groups (broad SMARTS) is 1. The molecule has 21 heavy (non-hydrogen) atoms. The zero-order valence-corrected chi connectivity index (χ0v) is 13.0. The van der Waals surface area contributed by atoms with E-state index in [1.54, 1.807) is 18.2 Å². The molecule has 114 valence electrons. The van der Waals surface area contributed by atoms with E-state index in [0.29, 0.717) is 5.02 Å². The molecule has 1 aromatic carbocycles. The van der Waals surface area contributed by atoms with Gasteiger partial charge in [0.25, 0.3) is 5.91 Å². The van der Waals surface area contributed by atoms with Gasteiger partial charge >= 0.3 is 5.97 Å². The Morgan fingerprint density at radius 2 is 2.10 bits per heavy atom. The zero-order valence-electron chi connectivity index (χ0n) is 10.6. The number of amides is 2. The van der Waals surface area contributed by atoms with Gasteiger partial charge in [0.15, 0.2) is 6.61 Å². The van der Waals surface area contributed by atoms with Crippen LogP contribution in [0.15, 0.2) is 22.7 Å². The Kier molecular flexibility index (Phi) is 6.44. The minimum absolute atomic E-state index is 0.275. The van der Waals surface area contributed by atoms with Gasteiger partial charge < -0.3 is 20.9 Å². The van der Waals surface area contributed by atoms with Gasteiger partial charge in [-0.05, 0) is 18.2 Å². The Hall–Kier alpha value is -1.80. The van der Waals surface area contributed by atoms with Crippen LogP contribution in [0, 0.1) is 0 Å². The molecule has 0 radical (unpaired) electrons. The summed E-state index contributed by atoms with van der Waals surface area (Å²) >= 11 is 9.12. The molecule has 1 atom stereocenters. The Bertz CT molecular complexity index is 567. The molecule has 4 N–H and O–H groups in total. The molecule has 0 aliphatic rings. The summed E-state index contributed by atoms with van der Waals surface area (Å²) in [5, 5.41) is 11.3. The lowest BCUT2D eigenvalue weighted by Gasteiger charge is -2.13. The number of halogens is 2. The highest BCUT2D eigenvalue weighted by atomic mass is 79.9. The summed E-state index contributed by atoms with van der Waals surface area (Å²) < 4.78 is 5.91. The zero-order chi connectivity index (χ0) is 16.0. The maximum atomic E-state index is 11.6. The van der Waals surface area contributed by atoms with Crippen LogP contribution in [0.4, 0.5) is 0 Å². The van der Waals surface area contributed by atoms with Crippen LogP contribution in [0.2, 0.25) is 5.02 Å². The van der Waals surface area contributed by atoms with E-state index in [1.807, 2.05) is 0 Å². The number of primary amides is 1. The van der Waals surface area contributed by atoms with Gasteiger partial charge in [-0.1, -0.05) is 27.5 Å². The van der Waals surface area contributed by atoms with Gasteiger partial charge in [-0.15, -0.1) is 0 Å². The lowest BCUT2D eigenvalue weighted by Crippen LogP contribution is -2.45. The van der Waals surface area contributed by atoms with Crippen LogP contribution in [-0.4, -0.2) is 35.5 Å². The molecular formula is C12H12BrClN2O5. The average Bonchev–Trinajstić information content (AvgIpc) is 2.36. The number of carboxylic acids is 1. The molecule has 1 unspecified atom stereocenters. The average molecular weight is 380 g/mol. The van der Waals surface area contributed by atoms with Crippen LogP contribution in [0.25, 0.3) is 0 Å². The first-order valence-electron chi connectivity index (χ1n) is 5.68. The Balaban J connectivity index is 2.56. The molecule has 0 spiro atoms. The third-order valence-corrected chi connectivity index (χ3v) is 3.08. The molecule has 0 bridgehead atoms. The van der Waals surface area contributed by atoms with Crippen molar-refractivity contribution in [2.24, 2.45) is 5.73 Å². The van der Waals surface area contributed by atoms with Crippen molar-refractivity contribution in [3.05, 3.63) is 27.7 Å². The van der Waals surface area contributed by atoms with Crippen LogP contribution < -0.4 is 15.8 Å². The van der Waals surface area contributed by atoms with E-state index in [1.165, 1.54) is 0 Å². The standard InChI is InChI=1S/C12H12BrClN2O5/c13-6-1-2-9(7(14)3-6)21-5-11(18)16-8(12(19)20)4-10(15)17/h1-3,8H,4-5H2,(H2,15,17)(H,16,18)(H,19,20). The van der Waals surface area contributed by atoms with E-state index in [0.717, 1.165) is 4.47 Å². The smallest absolute Gasteiger partial charge is 0.326 e. The molecule has 0 aromatic heterocycles. The molecule has 0 heterocycles. The highest BCUT2D eigenvalue weighted by Gasteiger charge is 2.22. The number of hydrogen-bond donors (Lipinski definition) is 3. The Morgan fingerprint density at radius 1 is 1.43 bits per heavy atom. The van der Waals surface area contributed by atoms with Crippen molar-refractivity contribution in [2.45, 2.75) is 12.5 Å². The first-order valence-corrected chi connectivity index (χ1v) is 6.85. The molecule has 0 saturated carbocycles. The predicted molar refractivity (Wildman–Crippen MR) is 78.0 cm³/mol. The molecule has 2 amide bonds. The molecule has 9 heteroatoms. The second-order valence-corrected chi connectivity index (χ2v) is 5.32. The molecule has 0 aliphatic carbocycles. The SMILES string of the molecule is NC(=O)CC(NC(=O)COc1ccc(Br)cc1Cl)C(=O)O. The molecule has 1 rings (SSSR count). The summed E-state index contributed by atoms with van der Waals surface area (Å²) in [4.78, 5) is 33.1. The van der Waals surface area contributed by atoms with E-state index < -0.39 is 36.9 Å². The number of carbonyl (C=O) groups is 3. The summed E-state index contributed by atoms with van der Waals surface area (Å²) in [6.45, 7) is -0.441. The maximum absolute atomic E-state index is 11.6. The largest absolute Gasteiger partial charge is 0.482 e. The lowest BCUT2D eigenvalue weighted by molar-refractivity contribution is -0.143. The third kappa shape index (κ3) is 6.01. The number of benzene rings is 1. The molecule has 0 fully saturated rings. The van der Waals surface area contributed by atoms with Gasteiger partial charge in [-0.2, -0.15) is 0 Å². The van der Waals surface area contributed by atoms with Crippen molar-refractivity contribution < 1.29 is 24.2 Å².